The second-order valence-corrected chi connectivity index (χ2v) is 6.17. The first-order valence-electron chi connectivity index (χ1n) is 8.77. The summed E-state index contributed by atoms with van der Waals surface area (Å²) in [5.74, 6) is -1.28. The van der Waals surface area contributed by atoms with Crippen molar-refractivity contribution in [2.24, 2.45) is 0 Å². The first-order chi connectivity index (χ1) is 13.7. The molecule has 1 aliphatic carbocycles. The molecular formula is C23H16N2O3. The van der Waals surface area contributed by atoms with Gasteiger partial charge < -0.3 is 0 Å². The summed E-state index contributed by atoms with van der Waals surface area (Å²) in [7, 11) is 0. The molecule has 1 fully saturated rings. The van der Waals surface area contributed by atoms with Crippen LogP contribution >= 0.6 is 0 Å². The predicted molar refractivity (Wildman–Crippen MR) is 108 cm³/mol. The molecule has 0 atom stereocenters. The molecule has 4 amide bonds. The minimum Gasteiger partial charge on any atom is -0.268 e. The number of hydrogen-bond acceptors (Lipinski definition) is 3. The van der Waals surface area contributed by atoms with Crippen molar-refractivity contribution in [1.82, 2.24) is 0 Å². The maximum Gasteiger partial charge on any atom is 0.343 e. The summed E-state index contributed by atoms with van der Waals surface area (Å²) in [6.07, 6.45) is 10.5. The minimum absolute atomic E-state index is 0.0523. The highest BCUT2D eigenvalue weighted by molar-refractivity contribution is 6.45. The van der Waals surface area contributed by atoms with E-state index in [2.05, 4.69) is 0 Å². The van der Waals surface area contributed by atoms with Crippen LogP contribution in [0.15, 0.2) is 108 Å². The van der Waals surface area contributed by atoms with Gasteiger partial charge >= 0.3 is 6.03 Å². The number of amides is 4. The molecule has 5 nitrogen and oxygen atoms in total. The van der Waals surface area contributed by atoms with E-state index >= 15 is 0 Å². The second kappa shape index (κ2) is 7.32. The van der Waals surface area contributed by atoms with Crippen LogP contribution in [0.3, 0.4) is 0 Å². The van der Waals surface area contributed by atoms with Gasteiger partial charge in [-0.3, -0.25) is 9.59 Å². The Labute approximate surface area is 162 Å². The molecule has 0 unspecified atom stereocenters. The largest absolute Gasteiger partial charge is 0.343 e. The zero-order valence-electron chi connectivity index (χ0n) is 14.9. The van der Waals surface area contributed by atoms with Gasteiger partial charge in [0, 0.05) is 0 Å². The summed E-state index contributed by atoms with van der Waals surface area (Å²) in [4.78, 5) is 41.8. The Balaban J connectivity index is 1.92. The van der Waals surface area contributed by atoms with Crippen molar-refractivity contribution in [2.45, 2.75) is 0 Å². The van der Waals surface area contributed by atoms with Crippen molar-refractivity contribution in [3.63, 3.8) is 0 Å². The number of rotatable bonds is 2. The van der Waals surface area contributed by atoms with Crippen molar-refractivity contribution < 1.29 is 14.4 Å². The van der Waals surface area contributed by atoms with Gasteiger partial charge in [0.1, 0.15) is 5.57 Å². The van der Waals surface area contributed by atoms with E-state index in [0.717, 1.165) is 9.80 Å². The lowest BCUT2D eigenvalue weighted by Gasteiger charge is -2.34. The lowest BCUT2D eigenvalue weighted by atomic mass is 10.0. The average Bonchev–Trinajstić information content (AvgIpc) is 2.99. The van der Waals surface area contributed by atoms with Gasteiger partial charge in [0.2, 0.25) is 0 Å². The van der Waals surface area contributed by atoms with Gasteiger partial charge in [0.25, 0.3) is 11.8 Å². The molecule has 0 N–H and O–H groups in total. The van der Waals surface area contributed by atoms with Crippen LogP contribution in [-0.2, 0) is 9.59 Å². The van der Waals surface area contributed by atoms with Crippen molar-refractivity contribution in [3.05, 3.63) is 108 Å². The zero-order valence-corrected chi connectivity index (χ0v) is 14.9. The van der Waals surface area contributed by atoms with Crippen LogP contribution in [0.1, 0.15) is 0 Å². The molecule has 2 aliphatic rings. The molecule has 0 bridgehead atoms. The third-order valence-electron chi connectivity index (χ3n) is 4.42. The van der Waals surface area contributed by atoms with E-state index in [4.69, 9.17) is 0 Å². The smallest absolute Gasteiger partial charge is 0.268 e. The van der Waals surface area contributed by atoms with E-state index in [1.165, 1.54) is 0 Å². The molecule has 4 rings (SSSR count). The molecule has 0 aromatic heterocycles. The highest BCUT2D eigenvalue weighted by Crippen LogP contribution is 2.30. The van der Waals surface area contributed by atoms with Gasteiger partial charge in [-0.15, -0.1) is 0 Å². The molecule has 28 heavy (non-hydrogen) atoms. The van der Waals surface area contributed by atoms with Crippen molar-refractivity contribution in [2.75, 3.05) is 9.80 Å². The van der Waals surface area contributed by atoms with Crippen LogP contribution in [0, 0.1) is 0 Å². The third kappa shape index (κ3) is 2.99. The number of benzene rings is 2. The maximum absolute atomic E-state index is 13.2. The summed E-state index contributed by atoms with van der Waals surface area (Å²) in [6.45, 7) is 0. The highest BCUT2D eigenvalue weighted by atomic mass is 16.2. The maximum atomic E-state index is 13.2. The fraction of sp³-hybridized carbons (Fsp3) is 0. The number of hydrogen-bond donors (Lipinski definition) is 0. The average molecular weight is 368 g/mol. The van der Waals surface area contributed by atoms with Gasteiger partial charge in [-0.2, -0.15) is 0 Å². The quantitative estimate of drug-likeness (QED) is 0.591. The van der Waals surface area contributed by atoms with Crippen LogP contribution in [0.25, 0.3) is 0 Å². The minimum atomic E-state index is -0.698. The normalized spacial score (nSPS) is 16.8. The van der Waals surface area contributed by atoms with Crippen molar-refractivity contribution >= 4 is 29.2 Å². The lowest BCUT2D eigenvalue weighted by molar-refractivity contribution is -0.121. The Morgan fingerprint density at radius 1 is 0.536 bits per heavy atom. The van der Waals surface area contributed by atoms with E-state index in [1.807, 2.05) is 0 Å². The first-order valence-corrected chi connectivity index (χ1v) is 8.77. The van der Waals surface area contributed by atoms with E-state index < -0.39 is 17.8 Å². The number of allylic oxidation sites excluding steroid dienone is 7. The molecule has 5 heteroatoms. The number of imide groups is 2. The molecule has 0 radical (unpaired) electrons. The van der Waals surface area contributed by atoms with Gasteiger partial charge in [0.05, 0.1) is 11.4 Å². The number of carbonyl (C=O) groups excluding carboxylic acids is 3. The molecule has 2 aromatic rings. The van der Waals surface area contributed by atoms with Crippen LogP contribution in [0.5, 0.6) is 0 Å². The zero-order chi connectivity index (χ0) is 19.5. The third-order valence-corrected chi connectivity index (χ3v) is 4.42. The second-order valence-electron chi connectivity index (χ2n) is 6.17. The molecule has 1 saturated heterocycles. The molecule has 0 saturated carbocycles. The van der Waals surface area contributed by atoms with Gasteiger partial charge in [-0.25, -0.2) is 14.6 Å². The lowest BCUT2D eigenvalue weighted by Crippen LogP contribution is -2.57. The van der Waals surface area contributed by atoms with Crippen molar-refractivity contribution in [1.29, 1.82) is 0 Å². The van der Waals surface area contributed by atoms with Gasteiger partial charge in [-0.05, 0) is 29.8 Å². The Kier molecular flexibility index (Phi) is 4.56. The SMILES string of the molecule is O=C1C(=C2C=CC=CC=C2)C(=O)N(c2ccccc2)C(=O)N1c1ccccc1. The topological polar surface area (TPSA) is 57.7 Å². The fourth-order valence-corrected chi connectivity index (χ4v) is 3.11. The number of anilines is 2. The van der Waals surface area contributed by atoms with E-state index in [0.29, 0.717) is 16.9 Å². The van der Waals surface area contributed by atoms with Crippen LogP contribution < -0.4 is 9.80 Å². The Bertz CT molecular complexity index is 982. The summed E-state index contributed by atoms with van der Waals surface area (Å²) < 4.78 is 0. The van der Waals surface area contributed by atoms with Crippen molar-refractivity contribution in [3.8, 4) is 0 Å². The molecule has 136 valence electrons. The van der Waals surface area contributed by atoms with E-state index in [9.17, 15) is 14.4 Å². The van der Waals surface area contributed by atoms with Gasteiger partial charge in [-0.1, -0.05) is 72.9 Å². The molecule has 2 aromatic carbocycles. The molecule has 1 aliphatic heterocycles. The number of barbiturate groups is 1. The summed E-state index contributed by atoms with van der Waals surface area (Å²) in [5, 5.41) is 0. The Morgan fingerprint density at radius 3 is 1.39 bits per heavy atom. The Morgan fingerprint density at radius 2 is 0.964 bits per heavy atom. The van der Waals surface area contributed by atoms with E-state index in [-0.39, 0.29) is 5.57 Å². The number of para-hydroxylation sites is 2. The Hall–Kier alpha value is -3.99. The standard InChI is InChI=1S/C23H16N2O3/c26-21-20(17-11-5-1-2-6-12-17)22(27)25(19-15-9-4-10-16-19)23(28)24(21)18-13-7-3-8-14-18/h1-16H. The number of urea groups is 1. The molecule has 0 spiro atoms. The summed E-state index contributed by atoms with van der Waals surface area (Å²) in [5.41, 5.74) is 1.21. The van der Waals surface area contributed by atoms with Crippen LogP contribution in [0.2, 0.25) is 0 Å². The summed E-state index contributed by atoms with van der Waals surface area (Å²) >= 11 is 0. The van der Waals surface area contributed by atoms with Gasteiger partial charge in [0.15, 0.2) is 0 Å². The monoisotopic (exact) mass is 368 g/mol. The highest BCUT2D eigenvalue weighted by Gasteiger charge is 2.44. The number of carbonyl (C=O) groups is 3. The van der Waals surface area contributed by atoms with Crippen LogP contribution in [-0.4, -0.2) is 17.8 Å². The first kappa shape index (κ1) is 17.4. The predicted octanol–water partition coefficient (Wildman–Crippen LogP) is 4.17. The molecule has 1 heterocycles. The van der Waals surface area contributed by atoms with Crippen LogP contribution in [0.4, 0.5) is 16.2 Å². The molecular weight excluding hydrogens is 352 g/mol. The fourth-order valence-electron chi connectivity index (χ4n) is 3.11. The number of nitrogens with zero attached hydrogens (tertiary/aromatic N) is 2. The van der Waals surface area contributed by atoms with E-state index in [1.54, 1.807) is 97.1 Å². The summed E-state index contributed by atoms with van der Waals surface area (Å²) in [6, 6.07) is 16.5.